The van der Waals surface area contributed by atoms with Crippen LogP contribution in [0.25, 0.3) is 10.9 Å². The van der Waals surface area contributed by atoms with Gasteiger partial charge in [0.1, 0.15) is 0 Å². The number of rotatable bonds is 7. The molecule has 4 aromatic rings. The van der Waals surface area contributed by atoms with Crippen molar-refractivity contribution >= 4 is 28.4 Å². The Hall–Kier alpha value is -3.08. The zero-order valence-corrected chi connectivity index (χ0v) is 20.0. The van der Waals surface area contributed by atoms with E-state index in [1.54, 1.807) is 0 Å². The highest BCUT2D eigenvalue weighted by molar-refractivity contribution is 6.30. The molecule has 1 aliphatic rings. The number of nitrogens with one attached hydrogen (secondary N) is 1. The predicted molar refractivity (Wildman–Crippen MR) is 139 cm³/mol. The maximum Gasteiger partial charge on any atom is 0.223 e. The molecule has 1 aliphatic heterocycles. The fraction of sp³-hybridized carbons (Fsp3) is 0.276. The summed E-state index contributed by atoms with van der Waals surface area (Å²) in [4.78, 5) is 15.2. The highest BCUT2D eigenvalue weighted by atomic mass is 35.5. The number of carbonyl (C=O) groups excluding carboxylic acids is 1. The molecule has 1 aromatic heterocycles. The molecule has 5 heteroatoms. The summed E-state index contributed by atoms with van der Waals surface area (Å²) in [6, 6.07) is 29.1. The second-order valence-corrected chi connectivity index (χ2v) is 9.60. The van der Waals surface area contributed by atoms with Crippen LogP contribution < -0.4 is 5.32 Å². The van der Waals surface area contributed by atoms with Crippen LogP contribution in [0.2, 0.25) is 5.02 Å². The van der Waals surface area contributed by atoms with Crippen molar-refractivity contribution in [2.75, 3.05) is 13.1 Å². The summed E-state index contributed by atoms with van der Waals surface area (Å²) in [6.45, 7) is 4.14. The van der Waals surface area contributed by atoms with Gasteiger partial charge in [0.2, 0.25) is 5.91 Å². The minimum atomic E-state index is 0.0947. The summed E-state index contributed by atoms with van der Waals surface area (Å²) in [5, 5.41) is 5.15. The molecule has 3 aromatic carbocycles. The summed E-state index contributed by atoms with van der Waals surface area (Å²) < 4.78 is 2.40. The van der Waals surface area contributed by atoms with E-state index in [9.17, 15) is 4.79 Å². The molecule has 0 aliphatic carbocycles. The van der Waals surface area contributed by atoms with Gasteiger partial charge in [0.15, 0.2) is 0 Å². The number of halogens is 1. The lowest BCUT2D eigenvalue weighted by Gasteiger charge is -2.31. The molecule has 1 N–H and O–H groups in total. The molecule has 0 radical (unpaired) electrons. The van der Waals surface area contributed by atoms with E-state index in [0.717, 1.165) is 49.6 Å². The first-order valence-electron chi connectivity index (χ1n) is 12.0. The number of nitrogens with zero attached hydrogens (tertiary/aromatic N) is 2. The molecule has 5 rings (SSSR count). The fourth-order valence-electron chi connectivity index (χ4n) is 4.91. The van der Waals surface area contributed by atoms with Crippen molar-refractivity contribution in [3.8, 4) is 0 Å². The van der Waals surface area contributed by atoms with Gasteiger partial charge in [-0.25, -0.2) is 0 Å². The number of carbonyl (C=O) groups is 1. The van der Waals surface area contributed by atoms with Crippen molar-refractivity contribution in [1.82, 2.24) is 14.8 Å². The first kappa shape index (κ1) is 22.7. The number of hydrogen-bond donors (Lipinski definition) is 1. The maximum atomic E-state index is 12.7. The van der Waals surface area contributed by atoms with Crippen LogP contribution in [0.5, 0.6) is 0 Å². The van der Waals surface area contributed by atoms with E-state index in [0.29, 0.717) is 6.54 Å². The van der Waals surface area contributed by atoms with Crippen LogP contribution >= 0.6 is 11.6 Å². The van der Waals surface area contributed by atoms with Gasteiger partial charge in [-0.3, -0.25) is 9.69 Å². The van der Waals surface area contributed by atoms with Gasteiger partial charge in [-0.2, -0.15) is 0 Å². The number of aromatic nitrogens is 1. The van der Waals surface area contributed by atoms with Crippen molar-refractivity contribution in [3.05, 3.63) is 107 Å². The molecular formula is C29H30ClN3O. The van der Waals surface area contributed by atoms with Crippen LogP contribution in [-0.4, -0.2) is 28.5 Å². The van der Waals surface area contributed by atoms with Gasteiger partial charge in [0, 0.05) is 41.8 Å². The zero-order chi connectivity index (χ0) is 23.3. The zero-order valence-electron chi connectivity index (χ0n) is 19.3. The lowest BCUT2D eigenvalue weighted by molar-refractivity contribution is -0.126. The highest BCUT2D eigenvalue weighted by Crippen LogP contribution is 2.25. The first-order chi connectivity index (χ1) is 16.7. The van der Waals surface area contributed by atoms with E-state index in [-0.39, 0.29) is 11.8 Å². The summed E-state index contributed by atoms with van der Waals surface area (Å²) in [5.74, 6) is 0.274. The van der Waals surface area contributed by atoms with E-state index < -0.39 is 0 Å². The largest absolute Gasteiger partial charge is 0.352 e. The van der Waals surface area contributed by atoms with Crippen LogP contribution in [-0.2, 0) is 24.4 Å². The average molecular weight is 472 g/mol. The quantitative estimate of drug-likeness (QED) is 0.366. The van der Waals surface area contributed by atoms with Crippen molar-refractivity contribution in [3.63, 3.8) is 0 Å². The molecule has 4 nitrogen and oxygen atoms in total. The van der Waals surface area contributed by atoms with Crippen molar-refractivity contribution in [1.29, 1.82) is 0 Å². The number of hydrogen-bond acceptors (Lipinski definition) is 2. The van der Waals surface area contributed by atoms with E-state index in [1.807, 2.05) is 48.5 Å². The predicted octanol–water partition coefficient (Wildman–Crippen LogP) is 5.87. The topological polar surface area (TPSA) is 37.3 Å². The van der Waals surface area contributed by atoms with Crippen molar-refractivity contribution in [2.24, 2.45) is 5.92 Å². The third-order valence-corrected chi connectivity index (χ3v) is 7.01. The molecule has 2 heterocycles. The van der Waals surface area contributed by atoms with Crippen LogP contribution in [0, 0.1) is 5.92 Å². The molecule has 174 valence electrons. The number of benzene rings is 3. The van der Waals surface area contributed by atoms with Crippen LogP contribution in [0.1, 0.15) is 29.7 Å². The smallest absolute Gasteiger partial charge is 0.223 e. The van der Waals surface area contributed by atoms with Crippen LogP contribution in [0.15, 0.2) is 84.9 Å². The van der Waals surface area contributed by atoms with Gasteiger partial charge in [-0.15, -0.1) is 0 Å². The molecule has 0 saturated carbocycles. The van der Waals surface area contributed by atoms with E-state index >= 15 is 0 Å². The van der Waals surface area contributed by atoms with Gasteiger partial charge in [0.25, 0.3) is 0 Å². The van der Waals surface area contributed by atoms with Crippen LogP contribution in [0.4, 0.5) is 0 Å². The standard InChI is InChI=1S/C29H30ClN3O/c30-26-11-6-9-23(17-26)20-33-27(18-25-10-4-5-12-28(25)33)21-32-15-13-24(14-16-32)29(34)31-19-22-7-2-1-3-8-22/h1-12,17-18,24H,13-16,19-21H2,(H,31,34). The Morgan fingerprint density at radius 2 is 1.59 bits per heavy atom. The Bertz CT molecular complexity index is 1260. The molecule has 0 spiro atoms. The molecule has 1 fully saturated rings. The van der Waals surface area contributed by atoms with Gasteiger partial charge >= 0.3 is 0 Å². The maximum absolute atomic E-state index is 12.7. The number of fused-ring (bicyclic) bond motifs is 1. The number of likely N-dealkylation sites (tertiary alicyclic amines) is 1. The van der Waals surface area contributed by atoms with E-state index in [4.69, 9.17) is 11.6 Å². The summed E-state index contributed by atoms with van der Waals surface area (Å²) in [6.07, 6.45) is 1.80. The van der Waals surface area contributed by atoms with E-state index in [1.165, 1.54) is 22.2 Å². The summed E-state index contributed by atoms with van der Waals surface area (Å²) in [7, 11) is 0. The Balaban J connectivity index is 1.23. The minimum absolute atomic E-state index is 0.0947. The van der Waals surface area contributed by atoms with Gasteiger partial charge in [-0.05, 0) is 66.7 Å². The van der Waals surface area contributed by atoms with Crippen molar-refractivity contribution in [2.45, 2.75) is 32.5 Å². The molecule has 1 amide bonds. The summed E-state index contributed by atoms with van der Waals surface area (Å²) in [5.41, 5.74) is 4.88. The SMILES string of the molecule is O=C(NCc1ccccc1)C1CCN(Cc2cc3ccccc3n2Cc2cccc(Cl)c2)CC1. The van der Waals surface area contributed by atoms with E-state index in [2.05, 4.69) is 51.2 Å². The van der Waals surface area contributed by atoms with Gasteiger partial charge in [0.05, 0.1) is 0 Å². The monoisotopic (exact) mass is 471 g/mol. The first-order valence-corrected chi connectivity index (χ1v) is 12.4. The number of amides is 1. The second-order valence-electron chi connectivity index (χ2n) is 9.16. The van der Waals surface area contributed by atoms with Crippen LogP contribution in [0.3, 0.4) is 0 Å². The Morgan fingerprint density at radius 3 is 2.38 bits per heavy atom. The number of piperidine rings is 1. The Morgan fingerprint density at radius 1 is 0.853 bits per heavy atom. The average Bonchev–Trinajstić information content (AvgIpc) is 3.20. The second kappa shape index (κ2) is 10.5. The summed E-state index contributed by atoms with van der Waals surface area (Å²) >= 11 is 6.24. The minimum Gasteiger partial charge on any atom is -0.352 e. The molecule has 0 bridgehead atoms. The lowest BCUT2D eigenvalue weighted by Crippen LogP contribution is -2.40. The Labute approximate surface area is 206 Å². The fourth-order valence-corrected chi connectivity index (χ4v) is 5.13. The molecule has 0 atom stereocenters. The third kappa shape index (κ3) is 5.35. The molecular weight excluding hydrogens is 442 g/mol. The van der Waals surface area contributed by atoms with Gasteiger partial charge < -0.3 is 9.88 Å². The Kier molecular flexibility index (Phi) is 6.98. The lowest BCUT2D eigenvalue weighted by atomic mass is 9.95. The van der Waals surface area contributed by atoms with Gasteiger partial charge in [-0.1, -0.05) is 72.3 Å². The molecule has 34 heavy (non-hydrogen) atoms. The highest BCUT2D eigenvalue weighted by Gasteiger charge is 2.25. The number of para-hydroxylation sites is 1. The van der Waals surface area contributed by atoms with Crippen molar-refractivity contribution < 1.29 is 4.79 Å². The normalized spacial score (nSPS) is 15.0. The third-order valence-electron chi connectivity index (χ3n) is 6.78. The molecule has 1 saturated heterocycles. The molecule has 0 unspecified atom stereocenters.